The zero-order chi connectivity index (χ0) is 10.5. The van der Waals surface area contributed by atoms with Crippen molar-refractivity contribution in [1.29, 1.82) is 0 Å². The minimum Gasteiger partial charge on any atom is -0.790 e. The second-order valence-corrected chi connectivity index (χ2v) is 3.35. The Kier molecular flexibility index (Phi) is 9.49. The summed E-state index contributed by atoms with van der Waals surface area (Å²) in [6.45, 7) is 3.97. The van der Waals surface area contributed by atoms with E-state index in [-0.39, 0.29) is 49.9 Å². The summed E-state index contributed by atoms with van der Waals surface area (Å²) in [6.07, 6.45) is 0. The van der Waals surface area contributed by atoms with Crippen LogP contribution in [0.4, 0.5) is 0 Å². The minimum absolute atomic E-state index is 0. The van der Waals surface area contributed by atoms with Gasteiger partial charge in [-0.15, -0.1) is 0 Å². The molecule has 0 aliphatic carbocycles. The van der Waals surface area contributed by atoms with E-state index in [2.05, 4.69) is 15.8 Å². The van der Waals surface area contributed by atoms with E-state index < -0.39 is 20.4 Å². The first-order valence-corrected chi connectivity index (χ1v) is 4.78. The molecule has 0 aromatic heterocycles. The molecule has 0 amide bonds. The predicted octanol–water partition coefficient (Wildman–Crippen LogP) is -1.43. The largest absolute Gasteiger partial charge is 2.00 e. The Morgan fingerprint density at radius 1 is 1.43 bits per heavy atom. The van der Waals surface area contributed by atoms with Gasteiger partial charge in [-0.2, -0.15) is 0 Å². The van der Waals surface area contributed by atoms with Crippen molar-refractivity contribution in [2.75, 3.05) is 13.2 Å². The van der Waals surface area contributed by atoms with Crippen molar-refractivity contribution in [1.82, 2.24) is 0 Å². The molecule has 0 aliphatic heterocycles. The molecule has 0 N–H and O–H groups in total. The summed E-state index contributed by atoms with van der Waals surface area (Å²) in [5.41, 5.74) is 0.187. The van der Waals surface area contributed by atoms with Crippen LogP contribution in [-0.2, 0) is 18.6 Å². The van der Waals surface area contributed by atoms with E-state index in [1.807, 2.05) is 0 Å². The Morgan fingerprint density at radius 3 is 2.29 bits per heavy atom. The number of phosphoric ester groups is 1. The summed E-state index contributed by atoms with van der Waals surface area (Å²) in [7, 11) is -4.96. The smallest absolute Gasteiger partial charge is 0.790 e. The molecule has 0 aromatic rings. The molecule has 0 atom stereocenters. The van der Waals surface area contributed by atoms with E-state index in [0.29, 0.717) is 0 Å². The van der Waals surface area contributed by atoms with Crippen LogP contribution < -0.4 is 9.79 Å². The molecule has 0 radical (unpaired) electrons. The Labute approximate surface area is 112 Å². The van der Waals surface area contributed by atoms with Crippen LogP contribution in [0.2, 0.25) is 0 Å². The maximum Gasteiger partial charge on any atom is 2.00 e. The Hall–Kier alpha value is 0.580. The van der Waals surface area contributed by atoms with E-state index in [1.165, 1.54) is 6.92 Å². The molecule has 0 aromatic carbocycles. The molecule has 0 rings (SSSR count). The molecule has 0 saturated carbocycles. The molecular weight excluding hydrogens is 239 g/mol. The van der Waals surface area contributed by atoms with Gasteiger partial charge < -0.3 is 23.6 Å². The van der Waals surface area contributed by atoms with Crippen LogP contribution in [0.3, 0.4) is 0 Å². The van der Waals surface area contributed by atoms with E-state index in [1.54, 1.807) is 0 Å². The van der Waals surface area contributed by atoms with Crippen molar-refractivity contribution in [3.63, 3.8) is 0 Å². The average Bonchev–Trinajstić information content (AvgIpc) is 1.95. The number of hydrogen-bond acceptors (Lipinski definition) is 6. The van der Waals surface area contributed by atoms with Gasteiger partial charge in [0.2, 0.25) is 0 Å². The fourth-order valence-corrected chi connectivity index (χ4v) is 0.705. The Balaban J connectivity index is 0. The van der Waals surface area contributed by atoms with Crippen LogP contribution in [-0.4, -0.2) is 56.9 Å². The monoisotopic (exact) mass is 248 g/mol. The van der Waals surface area contributed by atoms with Gasteiger partial charge in [0.25, 0.3) is 0 Å². The van der Waals surface area contributed by atoms with Crippen molar-refractivity contribution in [2.24, 2.45) is 0 Å². The average molecular weight is 248 g/mol. The molecule has 0 heterocycles. The molecule has 8 heteroatoms. The van der Waals surface area contributed by atoms with Gasteiger partial charge in [0, 0.05) is 5.57 Å². The van der Waals surface area contributed by atoms with Gasteiger partial charge in [0.1, 0.15) is 6.61 Å². The third kappa shape index (κ3) is 10.7. The van der Waals surface area contributed by atoms with Gasteiger partial charge in [-0.25, -0.2) is 4.79 Å². The number of carbonyl (C=O) groups is 1. The van der Waals surface area contributed by atoms with Gasteiger partial charge in [-0.3, -0.25) is 0 Å². The Bertz CT molecular complexity index is 247. The molecule has 76 valence electrons. The molecule has 0 aliphatic rings. The number of rotatable bonds is 5. The van der Waals surface area contributed by atoms with Crippen LogP contribution in [0.5, 0.6) is 0 Å². The van der Waals surface area contributed by atoms with Crippen molar-refractivity contribution < 1.29 is 28.4 Å². The second-order valence-electron chi connectivity index (χ2n) is 2.20. The quantitative estimate of drug-likeness (QED) is 0.194. The fourth-order valence-electron chi connectivity index (χ4n) is 0.407. The third-order valence-electron chi connectivity index (χ3n) is 0.914. The number of hydrogen-bond donors (Lipinski definition) is 0. The van der Waals surface area contributed by atoms with Gasteiger partial charge in [0.15, 0.2) is 0 Å². The van der Waals surface area contributed by atoms with E-state index in [9.17, 15) is 19.1 Å². The van der Waals surface area contributed by atoms with Crippen molar-refractivity contribution in [3.05, 3.63) is 12.2 Å². The van der Waals surface area contributed by atoms with Crippen LogP contribution in [0.1, 0.15) is 6.92 Å². The number of ether oxygens (including phenoxy) is 1. The van der Waals surface area contributed by atoms with Gasteiger partial charge in [-0.05, 0) is 6.92 Å². The minimum atomic E-state index is -4.96. The maximum atomic E-state index is 10.7. The second kappa shape index (κ2) is 7.82. The molecular formula is C6H9CaO6P. The molecule has 6 nitrogen and oxygen atoms in total. The van der Waals surface area contributed by atoms with Crippen molar-refractivity contribution in [2.45, 2.75) is 6.92 Å². The molecule has 0 saturated heterocycles. The standard InChI is InChI=1S/C6H11O6P.Ca/c1-5(2)6(7)11-3-4-12-13(8,9)10;/h1,3-4H2,2H3,(H2,8,9,10);/q;+2/p-2. The van der Waals surface area contributed by atoms with E-state index in [0.717, 1.165) is 0 Å². The number of esters is 1. The first kappa shape index (κ1) is 17.0. The normalized spacial score (nSPS) is 10.2. The van der Waals surface area contributed by atoms with Crippen molar-refractivity contribution in [3.8, 4) is 0 Å². The number of phosphoric acid groups is 1. The van der Waals surface area contributed by atoms with E-state index in [4.69, 9.17) is 0 Å². The van der Waals surface area contributed by atoms with Crippen molar-refractivity contribution >= 4 is 51.5 Å². The van der Waals surface area contributed by atoms with Crippen LogP contribution in [0.15, 0.2) is 12.2 Å². The first-order chi connectivity index (χ1) is 5.83. The third-order valence-corrected chi connectivity index (χ3v) is 1.41. The zero-order valence-corrected chi connectivity index (χ0v) is 10.8. The Morgan fingerprint density at radius 2 is 1.93 bits per heavy atom. The molecule has 0 fully saturated rings. The number of carbonyl (C=O) groups excluding carboxylic acids is 1. The fraction of sp³-hybridized carbons (Fsp3) is 0.500. The zero-order valence-electron chi connectivity index (χ0n) is 7.73. The topological polar surface area (TPSA) is 98.7 Å². The molecule has 0 spiro atoms. The maximum absolute atomic E-state index is 10.7. The summed E-state index contributed by atoms with van der Waals surface area (Å²) in [5.74, 6) is -0.657. The van der Waals surface area contributed by atoms with E-state index >= 15 is 0 Å². The van der Waals surface area contributed by atoms with Gasteiger partial charge in [-0.1, -0.05) is 6.58 Å². The first-order valence-electron chi connectivity index (χ1n) is 3.32. The molecule has 0 unspecified atom stereocenters. The van der Waals surface area contributed by atoms with Gasteiger partial charge in [0.05, 0.1) is 14.4 Å². The summed E-state index contributed by atoms with van der Waals surface area (Å²) >= 11 is 0. The van der Waals surface area contributed by atoms with Crippen LogP contribution in [0, 0.1) is 0 Å². The van der Waals surface area contributed by atoms with Gasteiger partial charge >= 0.3 is 43.7 Å². The molecule has 0 bridgehead atoms. The van der Waals surface area contributed by atoms with Crippen LogP contribution in [0.25, 0.3) is 0 Å². The summed E-state index contributed by atoms with van der Waals surface area (Å²) in [6, 6.07) is 0. The summed E-state index contributed by atoms with van der Waals surface area (Å²) < 4.78 is 18.1. The predicted molar refractivity (Wildman–Crippen MR) is 45.1 cm³/mol. The summed E-state index contributed by atoms with van der Waals surface area (Å²) in [4.78, 5) is 30.5. The SMILES string of the molecule is C=C(C)C(=O)OCCOP(=O)([O-])[O-].[Ca+2]. The summed E-state index contributed by atoms with van der Waals surface area (Å²) in [5, 5.41) is 0. The van der Waals surface area contributed by atoms with Crippen LogP contribution >= 0.6 is 7.82 Å². The molecule has 14 heavy (non-hydrogen) atoms.